The molecule has 0 spiro atoms. The van der Waals surface area contributed by atoms with E-state index in [4.69, 9.17) is 0 Å². The molecule has 0 aromatic carbocycles. The van der Waals surface area contributed by atoms with Crippen LogP contribution in [0.5, 0.6) is 0 Å². The molecule has 1 rings (SSSR count). The molecule has 12 heavy (non-hydrogen) atoms. The van der Waals surface area contributed by atoms with Crippen LogP contribution in [0.25, 0.3) is 0 Å². The van der Waals surface area contributed by atoms with Crippen LogP contribution in [0.3, 0.4) is 0 Å². The molecule has 1 aliphatic carbocycles. The predicted octanol–water partition coefficient (Wildman–Crippen LogP) is 1.30. The number of Topliss-reactive ketones (excluding diaryl/α,β-unsaturated/α-hetero) is 1. The fourth-order valence-corrected chi connectivity index (χ4v) is 1.47. The maximum Gasteiger partial charge on any atom is 0.141 e. The van der Waals surface area contributed by atoms with E-state index in [1.807, 2.05) is 38.3 Å². The van der Waals surface area contributed by atoms with Crippen molar-refractivity contribution in [1.29, 1.82) is 0 Å². The first-order valence-electron chi connectivity index (χ1n) is 4.15. The molecule has 0 aliphatic heterocycles. The Morgan fingerprint density at radius 2 is 2.17 bits per heavy atom. The highest BCUT2D eigenvalue weighted by Crippen LogP contribution is 2.28. The highest BCUT2D eigenvalue weighted by atomic mass is 16.1. The SMILES string of the molecule is CNC1C=CC=CC1(C)C(C)=O. The summed E-state index contributed by atoms with van der Waals surface area (Å²) in [5, 5.41) is 3.12. The molecule has 66 valence electrons. The van der Waals surface area contributed by atoms with Crippen molar-refractivity contribution in [1.82, 2.24) is 5.32 Å². The molecule has 0 aromatic rings. The maximum atomic E-state index is 11.4. The number of allylic oxidation sites excluding steroid dienone is 2. The van der Waals surface area contributed by atoms with Gasteiger partial charge >= 0.3 is 0 Å². The zero-order chi connectivity index (χ0) is 9.19. The molecule has 1 aliphatic rings. The quantitative estimate of drug-likeness (QED) is 0.668. The molecule has 2 unspecified atom stereocenters. The molecule has 0 radical (unpaired) electrons. The minimum atomic E-state index is -0.372. The van der Waals surface area contributed by atoms with Crippen LogP contribution in [-0.4, -0.2) is 18.9 Å². The summed E-state index contributed by atoms with van der Waals surface area (Å²) in [5.41, 5.74) is -0.372. The van der Waals surface area contributed by atoms with Crippen molar-refractivity contribution >= 4 is 5.78 Å². The van der Waals surface area contributed by atoms with Crippen LogP contribution in [0, 0.1) is 5.41 Å². The number of ketones is 1. The summed E-state index contributed by atoms with van der Waals surface area (Å²) >= 11 is 0. The molecular weight excluding hydrogens is 150 g/mol. The number of rotatable bonds is 2. The van der Waals surface area contributed by atoms with E-state index in [2.05, 4.69) is 5.32 Å². The van der Waals surface area contributed by atoms with Crippen LogP contribution in [0.1, 0.15) is 13.8 Å². The third kappa shape index (κ3) is 1.34. The summed E-state index contributed by atoms with van der Waals surface area (Å²) in [4.78, 5) is 11.4. The number of hydrogen-bond donors (Lipinski definition) is 1. The van der Waals surface area contributed by atoms with Crippen molar-refractivity contribution in [3.05, 3.63) is 24.3 Å². The van der Waals surface area contributed by atoms with Gasteiger partial charge < -0.3 is 5.32 Å². The first kappa shape index (κ1) is 9.20. The summed E-state index contributed by atoms with van der Waals surface area (Å²) in [5.74, 6) is 0.197. The van der Waals surface area contributed by atoms with Gasteiger partial charge in [-0.3, -0.25) is 4.79 Å². The van der Waals surface area contributed by atoms with Gasteiger partial charge in [0.05, 0.1) is 5.41 Å². The van der Waals surface area contributed by atoms with Gasteiger partial charge in [0, 0.05) is 6.04 Å². The number of hydrogen-bond acceptors (Lipinski definition) is 2. The normalized spacial score (nSPS) is 33.8. The molecule has 0 saturated carbocycles. The van der Waals surface area contributed by atoms with E-state index >= 15 is 0 Å². The van der Waals surface area contributed by atoms with Crippen molar-refractivity contribution in [2.24, 2.45) is 5.41 Å². The van der Waals surface area contributed by atoms with Crippen LogP contribution < -0.4 is 5.32 Å². The highest BCUT2D eigenvalue weighted by Gasteiger charge is 2.34. The lowest BCUT2D eigenvalue weighted by atomic mass is 9.76. The zero-order valence-electron chi connectivity index (χ0n) is 7.79. The van der Waals surface area contributed by atoms with Gasteiger partial charge in [-0.25, -0.2) is 0 Å². The van der Waals surface area contributed by atoms with E-state index in [1.54, 1.807) is 6.92 Å². The van der Waals surface area contributed by atoms with Gasteiger partial charge in [0.1, 0.15) is 5.78 Å². The Balaban J connectivity index is 2.94. The standard InChI is InChI=1S/C10H15NO/c1-8(12)10(2)7-5-4-6-9(10)11-3/h4-7,9,11H,1-3H3. The van der Waals surface area contributed by atoms with Crippen molar-refractivity contribution in [3.63, 3.8) is 0 Å². The Morgan fingerprint density at radius 1 is 1.50 bits per heavy atom. The van der Waals surface area contributed by atoms with E-state index in [1.165, 1.54) is 0 Å². The Hall–Kier alpha value is -0.890. The van der Waals surface area contributed by atoms with Crippen LogP contribution in [0.15, 0.2) is 24.3 Å². The Bertz CT molecular complexity index is 242. The zero-order valence-corrected chi connectivity index (χ0v) is 7.79. The first-order valence-corrected chi connectivity index (χ1v) is 4.15. The van der Waals surface area contributed by atoms with E-state index in [9.17, 15) is 4.79 Å². The summed E-state index contributed by atoms with van der Waals surface area (Å²) in [6, 6.07) is 0.125. The topological polar surface area (TPSA) is 29.1 Å². The van der Waals surface area contributed by atoms with Gasteiger partial charge in [-0.15, -0.1) is 0 Å². The van der Waals surface area contributed by atoms with Gasteiger partial charge in [0.15, 0.2) is 0 Å². The van der Waals surface area contributed by atoms with E-state index in [0.717, 1.165) is 0 Å². The molecule has 2 heteroatoms. The minimum absolute atomic E-state index is 0.125. The van der Waals surface area contributed by atoms with E-state index in [-0.39, 0.29) is 17.2 Å². The second-order valence-corrected chi connectivity index (χ2v) is 3.35. The van der Waals surface area contributed by atoms with E-state index in [0.29, 0.717) is 0 Å². The number of carbonyl (C=O) groups is 1. The molecule has 0 bridgehead atoms. The van der Waals surface area contributed by atoms with Crippen LogP contribution in [0.4, 0.5) is 0 Å². The lowest BCUT2D eigenvalue weighted by molar-refractivity contribution is -0.124. The van der Waals surface area contributed by atoms with Gasteiger partial charge in [-0.1, -0.05) is 24.3 Å². The van der Waals surface area contributed by atoms with Gasteiger partial charge in [-0.2, -0.15) is 0 Å². The Morgan fingerprint density at radius 3 is 2.58 bits per heavy atom. The van der Waals surface area contributed by atoms with Crippen molar-refractivity contribution < 1.29 is 4.79 Å². The lowest BCUT2D eigenvalue weighted by Crippen LogP contribution is -2.44. The van der Waals surface area contributed by atoms with Crippen LogP contribution >= 0.6 is 0 Å². The van der Waals surface area contributed by atoms with Gasteiger partial charge in [0.25, 0.3) is 0 Å². The molecule has 0 fully saturated rings. The lowest BCUT2D eigenvalue weighted by Gasteiger charge is -2.32. The van der Waals surface area contributed by atoms with Crippen molar-refractivity contribution in [3.8, 4) is 0 Å². The maximum absolute atomic E-state index is 11.4. The molecule has 0 aromatic heterocycles. The fourth-order valence-electron chi connectivity index (χ4n) is 1.47. The largest absolute Gasteiger partial charge is 0.312 e. The number of nitrogens with one attached hydrogen (secondary N) is 1. The molecular formula is C10H15NO. The summed E-state index contributed by atoms with van der Waals surface area (Å²) in [6.45, 7) is 3.59. The second kappa shape index (κ2) is 3.23. The first-order chi connectivity index (χ1) is 5.61. The highest BCUT2D eigenvalue weighted by molar-refractivity contribution is 5.85. The predicted molar refractivity (Wildman–Crippen MR) is 49.9 cm³/mol. The molecule has 1 N–H and O–H groups in total. The average molecular weight is 165 g/mol. The smallest absolute Gasteiger partial charge is 0.141 e. The third-order valence-electron chi connectivity index (χ3n) is 2.57. The minimum Gasteiger partial charge on any atom is -0.312 e. The Labute approximate surface area is 73.4 Å². The van der Waals surface area contributed by atoms with Crippen molar-refractivity contribution in [2.75, 3.05) is 7.05 Å². The Kier molecular flexibility index (Phi) is 2.48. The fraction of sp³-hybridized carbons (Fsp3) is 0.500. The number of carbonyl (C=O) groups excluding carboxylic acids is 1. The average Bonchev–Trinajstić information content (AvgIpc) is 2.05. The van der Waals surface area contributed by atoms with Gasteiger partial charge in [0.2, 0.25) is 0 Å². The summed E-state index contributed by atoms with van der Waals surface area (Å²) in [7, 11) is 1.87. The number of likely N-dealkylation sites (N-methyl/N-ethyl adjacent to an activating group) is 1. The molecule has 0 heterocycles. The van der Waals surface area contributed by atoms with Crippen LogP contribution in [0.2, 0.25) is 0 Å². The third-order valence-corrected chi connectivity index (χ3v) is 2.57. The molecule has 2 nitrogen and oxygen atoms in total. The van der Waals surface area contributed by atoms with Crippen molar-refractivity contribution in [2.45, 2.75) is 19.9 Å². The monoisotopic (exact) mass is 165 g/mol. The molecule has 0 saturated heterocycles. The molecule has 2 atom stereocenters. The molecule has 0 amide bonds. The summed E-state index contributed by atoms with van der Waals surface area (Å²) in [6.07, 6.45) is 7.86. The van der Waals surface area contributed by atoms with Crippen LogP contribution in [-0.2, 0) is 4.79 Å². The second-order valence-electron chi connectivity index (χ2n) is 3.35. The van der Waals surface area contributed by atoms with Gasteiger partial charge in [-0.05, 0) is 20.9 Å². The van der Waals surface area contributed by atoms with E-state index < -0.39 is 0 Å². The summed E-state index contributed by atoms with van der Waals surface area (Å²) < 4.78 is 0.